The number of halogens is 1. The number of ether oxygens (including phenoxy) is 1. The summed E-state index contributed by atoms with van der Waals surface area (Å²) in [5.74, 6) is 0.614. The molecule has 0 aliphatic carbocycles. The van der Waals surface area contributed by atoms with Gasteiger partial charge in [-0.15, -0.1) is 0 Å². The van der Waals surface area contributed by atoms with Gasteiger partial charge in [-0.3, -0.25) is 4.98 Å². The summed E-state index contributed by atoms with van der Waals surface area (Å²) in [4.78, 5) is 16.5. The third-order valence-electron chi connectivity index (χ3n) is 4.59. The van der Waals surface area contributed by atoms with Crippen molar-refractivity contribution in [3.05, 3.63) is 87.6 Å². The van der Waals surface area contributed by atoms with Crippen LogP contribution in [-0.2, 0) is 13.7 Å². The Morgan fingerprint density at radius 1 is 1.03 bits per heavy atom. The Balaban J connectivity index is 1.63. The Bertz CT molecular complexity index is 1230. The zero-order valence-corrected chi connectivity index (χ0v) is 16.7. The summed E-state index contributed by atoms with van der Waals surface area (Å²) in [5.41, 5.74) is 4.02. The van der Waals surface area contributed by atoms with Crippen molar-refractivity contribution in [2.45, 2.75) is 13.5 Å². The highest BCUT2D eigenvalue weighted by molar-refractivity contribution is 6.30. The van der Waals surface area contributed by atoms with E-state index in [4.69, 9.17) is 16.3 Å². The molecule has 4 aromatic rings. The molecule has 0 N–H and O–H groups in total. The highest BCUT2D eigenvalue weighted by Gasteiger charge is 2.14. The monoisotopic (exact) mass is 407 g/mol. The Morgan fingerprint density at radius 3 is 2.62 bits per heavy atom. The number of pyridine rings is 1. The molecule has 0 unspecified atom stereocenters. The van der Waals surface area contributed by atoms with Crippen molar-refractivity contribution in [2.75, 3.05) is 0 Å². The number of hydrogen-bond donors (Lipinski definition) is 0. The molecule has 2 aromatic heterocycles. The maximum Gasteiger partial charge on any atom is 0.368 e. The largest absolute Gasteiger partial charge is 0.487 e. The fraction of sp³-hybridized carbons (Fsp3) is 0.143. The average Bonchev–Trinajstić information content (AvgIpc) is 3.05. The van der Waals surface area contributed by atoms with Gasteiger partial charge in [-0.1, -0.05) is 35.9 Å². The standard InChI is InChI=1S/C21H18ClN5O2/c1-14-5-3-8-20(27-21(28)26(2)24-25-27)19(14)13-29-18-10-16(11-23-12-18)15-6-4-7-17(22)9-15/h3-12H,13H2,1-2H3. The molecule has 0 atom stereocenters. The van der Waals surface area contributed by atoms with Crippen LogP contribution in [0.3, 0.4) is 0 Å². The minimum atomic E-state index is -0.318. The number of nitrogens with zero attached hydrogens (tertiary/aromatic N) is 5. The molecule has 0 aliphatic heterocycles. The molecule has 146 valence electrons. The van der Waals surface area contributed by atoms with Crippen LogP contribution in [0.15, 0.2) is 65.7 Å². The van der Waals surface area contributed by atoms with Crippen molar-refractivity contribution >= 4 is 11.6 Å². The second kappa shape index (κ2) is 7.89. The summed E-state index contributed by atoms with van der Waals surface area (Å²) < 4.78 is 8.46. The summed E-state index contributed by atoms with van der Waals surface area (Å²) in [6.45, 7) is 2.22. The van der Waals surface area contributed by atoms with Crippen molar-refractivity contribution < 1.29 is 4.74 Å². The molecule has 0 spiro atoms. The number of hydrogen-bond acceptors (Lipinski definition) is 5. The Kier molecular flexibility index (Phi) is 5.14. The van der Waals surface area contributed by atoms with Crippen LogP contribution < -0.4 is 10.4 Å². The van der Waals surface area contributed by atoms with Crippen LogP contribution in [0, 0.1) is 6.92 Å². The summed E-state index contributed by atoms with van der Waals surface area (Å²) in [7, 11) is 1.56. The third-order valence-corrected chi connectivity index (χ3v) is 4.82. The van der Waals surface area contributed by atoms with Gasteiger partial charge in [0.15, 0.2) is 0 Å². The summed E-state index contributed by atoms with van der Waals surface area (Å²) in [6.07, 6.45) is 3.41. The molecule has 2 heterocycles. The lowest BCUT2D eigenvalue weighted by molar-refractivity contribution is 0.303. The first-order valence-corrected chi connectivity index (χ1v) is 9.32. The van der Waals surface area contributed by atoms with E-state index in [2.05, 4.69) is 15.4 Å². The average molecular weight is 408 g/mol. The maximum atomic E-state index is 12.3. The summed E-state index contributed by atoms with van der Waals surface area (Å²) in [5, 5.41) is 8.39. The van der Waals surface area contributed by atoms with Gasteiger partial charge in [-0.2, -0.15) is 9.36 Å². The Labute approximate surface area is 172 Å². The number of aryl methyl sites for hydroxylation is 2. The minimum absolute atomic E-state index is 0.256. The molecule has 8 heteroatoms. The molecular formula is C21H18ClN5O2. The van der Waals surface area contributed by atoms with Crippen LogP contribution in [-0.4, -0.2) is 24.8 Å². The van der Waals surface area contributed by atoms with Gasteiger partial charge in [0.25, 0.3) is 0 Å². The molecule has 0 radical (unpaired) electrons. The van der Waals surface area contributed by atoms with Crippen LogP contribution in [0.5, 0.6) is 5.75 Å². The van der Waals surface area contributed by atoms with Gasteiger partial charge in [0.1, 0.15) is 12.4 Å². The molecule has 4 rings (SSSR count). The van der Waals surface area contributed by atoms with Crippen molar-refractivity contribution in [1.29, 1.82) is 0 Å². The van der Waals surface area contributed by atoms with Gasteiger partial charge in [-0.05, 0) is 52.7 Å². The number of tetrazole rings is 1. The first-order valence-electron chi connectivity index (χ1n) is 8.94. The molecule has 2 aromatic carbocycles. The molecule has 0 bridgehead atoms. The number of rotatable bonds is 5. The third kappa shape index (κ3) is 3.90. The van der Waals surface area contributed by atoms with Crippen molar-refractivity contribution in [1.82, 2.24) is 24.8 Å². The molecular weight excluding hydrogens is 390 g/mol. The highest BCUT2D eigenvalue weighted by atomic mass is 35.5. The normalized spacial score (nSPS) is 10.9. The van der Waals surface area contributed by atoms with E-state index < -0.39 is 0 Å². The van der Waals surface area contributed by atoms with Gasteiger partial charge in [0.05, 0.1) is 11.9 Å². The number of benzene rings is 2. The van der Waals surface area contributed by atoms with Crippen molar-refractivity contribution in [3.8, 4) is 22.6 Å². The Morgan fingerprint density at radius 2 is 1.86 bits per heavy atom. The fourth-order valence-electron chi connectivity index (χ4n) is 3.02. The molecule has 0 saturated carbocycles. The van der Waals surface area contributed by atoms with Crippen LogP contribution >= 0.6 is 11.6 Å². The zero-order valence-electron chi connectivity index (χ0n) is 15.9. The van der Waals surface area contributed by atoms with E-state index >= 15 is 0 Å². The van der Waals surface area contributed by atoms with E-state index in [1.807, 2.05) is 55.5 Å². The minimum Gasteiger partial charge on any atom is -0.487 e. The lowest BCUT2D eigenvalue weighted by Crippen LogP contribution is -2.23. The van der Waals surface area contributed by atoms with Gasteiger partial charge in [-0.25, -0.2) is 4.79 Å². The number of aromatic nitrogens is 5. The van der Waals surface area contributed by atoms with Gasteiger partial charge >= 0.3 is 5.69 Å². The van der Waals surface area contributed by atoms with Crippen LogP contribution in [0.1, 0.15) is 11.1 Å². The van der Waals surface area contributed by atoms with E-state index in [-0.39, 0.29) is 12.3 Å². The van der Waals surface area contributed by atoms with Gasteiger partial charge < -0.3 is 4.74 Å². The molecule has 0 saturated heterocycles. The second-order valence-electron chi connectivity index (χ2n) is 6.58. The van der Waals surface area contributed by atoms with Crippen LogP contribution in [0.25, 0.3) is 16.8 Å². The van der Waals surface area contributed by atoms with E-state index in [0.717, 1.165) is 22.3 Å². The summed E-state index contributed by atoms with van der Waals surface area (Å²) in [6, 6.07) is 15.1. The lowest BCUT2D eigenvalue weighted by Gasteiger charge is -2.13. The van der Waals surface area contributed by atoms with Crippen LogP contribution in [0.2, 0.25) is 5.02 Å². The first-order chi connectivity index (χ1) is 14.0. The zero-order chi connectivity index (χ0) is 20.4. The molecule has 0 fully saturated rings. The molecule has 0 aliphatic rings. The SMILES string of the molecule is Cc1cccc(-n2nnn(C)c2=O)c1COc1cncc(-c2cccc(Cl)c2)c1. The van der Waals surface area contributed by atoms with Crippen molar-refractivity contribution in [2.24, 2.45) is 7.05 Å². The fourth-order valence-corrected chi connectivity index (χ4v) is 3.21. The second-order valence-corrected chi connectivity index (χ2v) is 7.01. The molecule has 29 heavy (non-hydrogen) atoms. The quantitative estimate of drug-likeness (QED) is 0.505. The first kappa shape index (κ1) is 18.9. The van der Waals surface area contributed by atoms with E-state index in [1.165, 1.54) is 9.36 Å². The van der Waals surface area contributed by atoms with E-state index in [9.17, 15) is 4.79 Å². The van der Waals surface area contributed by atoms with Gasteiger partial charge in [0, 0.05) is 29.4 Å². The highest BCUT2D eigenvalue weighted by Crippen LogP contribution is 2.26. The molecule has 0 amide bonds. The van der Waals surface area contributed by atoms with E-state index in [0.29, 0.717) is 16.5 Å². The van der Waals surface area contributed by atoms with E-state index in [1.54, 1.807) is 19.4 Å². The maximum absolute atomic E-state index is 12.3. The Hall–Kier alpha value is -3.45. The lowest BCUT2D eigenvalue weighted by atomic mass is 10.1. The molecule has 7 nitrogen and oxygen atoms in total. The smallest absolute Gasteiger partial charge is 0.368 e. The van der Waals surface area contributed by atoms with Crippen molar-refractivity contribution in [3.63, 3.8) is 0 Å². The van der Waals surface area contributed by atoms with Crippen LogP contribution in [0.4, 0.5) is 0 Å². The predicted molar refractivity (Wildman–Crippen MR) is 110 cm³/mol. The predicted octanol–water partition coefficient (Wildman–Crippen LogP) is 3.57. The van der Waals surface area contributed by atoms with Gasteiger partial charge in [0.2, 0.25) is 0 Å². The summed E-state index contributed by atoms with van der Waals surface area (Å²) >= 11 is 6.09. The topological polar surface area (TPSA) is 74.8 Å².